The minimum Gasteiger partial charge on any atom is -0.372 e. The highest BCUT2D eigenvalue weighted by atomic mass is 35.5. The molecule has 2 atom stereocenters. The Hall–Kier alpha value is -1.06. The highest BCUT2D eigenvalue weighted by Crippen LogP contribution is 2.54. The lowest BCUT2D eigenvalue weighted by Gasteiger charge is -2.51. The topological polar surface area (TPSA) is 52.3 Å². The molecular weight excluding hydrogens is 274 g/mol. The van der Waals surface area contributed by atoms with E-state index in [2.05, 4.69) is 0 Å². The first kappa shape index (κ1) is 17.0. The maximum absolute atomic E-state index is 12.2. The maximum Gasteiger partial charge on any atom is 0.226 e. The van der Waals surface area contributed by atoms with Crippen LogP contribution in [-0.4, -0.2) is 13.0 Å². The van der Waals surface area contributed by atoms with Crippen LogP contribution in [-0.2, 0) is 15.1 Å². The summed E-state index contributed by atoms with van der Waals surface area (Å²) in [5.41, 5.74) is 5.68. The van der Waals surface area contributed by atoms with Crippen LogP contribution >= 0.6 is 12.4 Å². The molecule has 1 aromatic rings. The van der Waals surface area contributed by atoms with Crippen molar-refractivity contribution < 1.29 is 9.53 Å². The second-order valence-electron chi connectivity index (χ2n) is 5.40. The minimum absolute atomic E-state index is 0. The van der Waals surface area contributed by atoms with Gasteiger partial charge in [-0.25, -0.2) is 0 Å². The average molecular weight is 298 g/mol. The van der Waals surface area contributed by atoms with Gasteiger partial charge in [0, 0.05) is 7.11 Å². The molecule has 2 N–H and O–H groups in total. The Kier molecular flexibility index (Phi) is 5.60. The molecule has 2 rings (SSSR count). The highest BCUT2D eigenvalue weighted by Gasteiger charge is 2.56. The van der Waals surface area contributed by atoms with Crippen molar-refractivity contribution in [2.75, 3.05) is 7.11 Å². The number of carbonyl (C=O) groups excluding carboxylic acids is 1. The van der Waals surface area contributed by atoms with Crippen LogP contribution in [0.3, 0.4) is 0 Å². The standard InChI is InChI=1S/C16H23NO2.ClH/c1-3-15(14(17)18)11-7-8-12-16(15,19-2)13-9-5-4-6-10-13;/h4-6,9-10H,3,7-8,11-12H2,1-2H3,(H2,17,18);1H. The number of carbonyl (C=O) groups is 1. The quantitative estimate of drug-likeness (QED) is 0.926. The number of methoxy groups -OCH3 is 1. The number of benzene rings is 1. The lowest BCUT2D eigenvalue weighted by molar-refractivity contribution is -0.171. The van der Waals surface area contributed by atoms with E-state index in [4.69, 9.17) is 10.5 Å². The summed E-state index contributed by atoms with van der Waals surface area (Å²) in [5.74, 6) is -0.236. The first-order valence-electron chi connectivity index (χ1n) is 7.03. The van der Waals surface area contributed by atoms with Gasteiger partial charge in [-0.1, -0.05) is 50.1 Å². The van der Waals surface area contributed by atoms with Gasteiger partial charge in [0.25, 0.3) is 0 Å². The van der Waals surface area contributed by atoms with E-state index in [9.17, 15) is 4.79 Å². The third kappa shape index (κ3) is 2.33. The molecule has 0 saturated heterocycles. The van der Waals surface area contributed by atoms with Crippen molar-refractivity contribution in [2.45, 2.75) is 44.6 Å². The molecule has 0 aliphatic heterocycles. The molecule has 0 radical (unpaired) electrons. The molecule has 1 fully saturated rings. The number of hydrogen-bond acceptors (Lipinski definition) is 2. The minimum atomic E-state index is -0.596. The van der Waals surface area contributed by atoms with Gasteiger partial charge in [-0.15, -0.1) is 12.4 Å². The van der Waals surface area contributed by atoms with E-state index in [0.29, 0.717) is 6.42 Å². The van der Waals surface area contributed by atoms with Crippen LogP contribution in [0.2, 0.25) is 0 Å². The Bertz CT molecular complexity index is 451. The summed E-state index contributed by atoms with van der Waals surface area (Å²) >= 11 is 0. The molecule has 1 aliphatic rings. The molecule has 0 spiro atoms. The van der Waals surface area contributed by atoms with Crippen LogP contribution in [0.4, 0.5) is 0 Å². The van der Waals surface area contributed by atoms with Gasteiger partial charge in [0.2, 0.25) is 5.91 Å². The third-order valence-corrected chi connectivity index (χ3v) is 4.82. The molecule has 20 heavy (non-hydrogen) atoms. The summed E-state index contributed by atoms with van der Waals surface area (Å²) < 4.78 is 5.93. The van der Waals surface area contributed by atoms with Crippen LogP contribution in [0.5, 0.6) is 0 Å². The van der Waals surface area contributed by atoms with E-state index in [0.717, 1.165) is 31.2 Å². The van der Waals surface area contributed by atoms with Crippen molar-refractivity contribution >= 4 is 18.3 Å². The van der Waals surface area contributed by atoms with Crippen molar-refractivity contribution in [3.05, 3.63) is 35.9 Å². The van der Waals surface area contributed by atoms with Gasteiger partial charge < -0.3 is 10.5 Å². The number of ether oxygens (including phenoxy) is 1. The summed E-state index contributed by atoms with van der Waals surface area (Å²) in [4.78, 5) is 12.2. The molecule has 1 saturated carbocycles. The summed E-state index contributed by atoms with van der Waals surface area (Å²) in [7, 11) is 1.70. The number of nitrogens with two attached hydrogens (primary N) is 1. The Labute approximate surface area is 127 Å². The second-order valence-corrected chi connectivity index (χ2v) is 5.40. The van der Waals surface area contributed by atoms with Gasteiger partial charge in [-0.05, 0) is 24.8 Å². The number of halogens is 1. The van der Waals surface area contributed by atoms with Gasteiger partial charge in [0.1, 0.15) is 5.60 Å². The lowest BCUT2D eigenvalue weighted by Crippen LogP contribution is -2.56. The van der Waals surface area contributed by atoms with E-state index in [1.807, 2.05) is 37.3 Å². The van der Waals surface area contributed by atoms with Crippen LogP contribution in [0.1, 0.15) is 44.6 Å². The SMILES string of the molecule is CCC1(C(N)=O)CCCCC1(OC)c1ccccc1.Cl. The Morgan fingerprint density at radius 2 is 1.85 bits per heavy atom. The monoisotopic (exact) mass is 297 g/mol. The highest BCUT2D eigenvalue weighted by molar-refractivity contribution is 5.85. The molecule has 1 amide bonds. The van der Waals surface area contributed by atoms with Crippen LogP contribution in [0.25, 0.3) is 0 Å². The van der Waals surface area contributed by atoms with Crippen molar-refractivity contribution in [1.29, 1.82) is 0 Å². The largest absolute Gasteiger partial charge is 0.372 e. The molecule has 2 unspecified atom stereocenters. The number of amides is 1. The van der Waals surface area contributed by atoms with Crippen molar-refractivity contribution in [3.8, 4) is 0 Å². The van der Waals surface area contributed by atoms with E-state index >= 15 is 0 Å². The molecule has 1 aromatic carbocycles. The molecule has 0 aromatic heterocycles. The summed E-state index contributed by atoms with van der Waals surface area (Å²) in [6, 6.07) is 10.1. The fraction of sp³-hybridized carbons (Fsp3) is 0.562. The predicted molar refractivity (Wildman–Crippen MR) is 82.8 cm³/mol. The third-order valence-electron chi connectivity index (χ3n) is 4.82. The zero-order valence-electron chi connectivity index (χ0n) is 12.2. The molecular formula is C16H24ClNO2. The number of hydrogen-bond donors (Lipinski definition) is 1. The first-order valence-corrected chi connectivity index (χ1v) is 7.03. The Morgan fingerprint density at radius 3 is 2.35 bits per heavy atom. The van der Waals surface area contributed by atoms with Crippen LogP contribution in [0.15, 0.2) is 30.3 Å². The number of rotatable bonds is 4. The Morgan fingerprint density at radius 1 is 1.25 bits per heavy atom. The predicted octanol–water partition coefficient (Wildman–Crippen LogP) is 3.41. The van der Waals surface area contributed by atoms with Gasteiger partial charge in [0.05, 0.1) is 5.41 Å². The second kappa shape index (κ2) is 6.59. The summed E-state index contributed by atoms with van der Waals surface area (Å²) in [6.45, 7) is 2.03. The molecule has 4 heteroatoms. The van der Waals surface area contributed by atoms with Crippen LogP contribution in [0, 0.1) is 5.41 Å². The average Bonchev–Trinajstić information content (AvgIpc) is 2.47. The van der Waals surface area contributed by atoms with Gasteiger partial charge in [-0.3, -0.25) is 4.79 Å². The van der Waals surface area contributed by atoms with E-state index in [1.165, 1.54) is 0 Å². The van der Waals surface area contributed by atoms with E-state index in [1.54, 1.807) is 7.11 Å². The number of primary amides is 1. The lowest BCUT2D eigenvalue weighted by atomic mass is 9.58. The molecule has 0 heterocycles. The van der Waals surface area contributed by atoms with E-state index < -0.39 is 11.0 Å². The molecule has 112 valence electrons. The van der Waals surface area contributed by atoms with Crippen LogP contribution < -0.4 is 5.73 Å². The zero-order chi connectivity index (χ0) is 13.9. The summed E-state index contributed by atoms with van der Waals surface area (Å²) in [6.07, 6.45) is 4.48. The first-order chi connectivity index (χ1) is 9.13. The molecule has 0 bridgehead atoms. The fourth-order valence-electron chi connectivity index (χ4n) is 3.74. The molecule has 1 aliphatic carbocycles. The maximum atomic E-state index is 12.2. The fourth-order valence-corrected chi connectivity index (χ4v) is 3.74. The van der Waals surface area contributed by atoms with Gasteiger partial charge >= 0.3 is 0 Å². The van der Waals surface area contributed by atoms with Crippen molar-refractivity contribution in [2.24, 2.45) is 11.1 Å². The van der Waals surface area contributed by atoms with Gasteiger partial charge in [0.15, 0.2) is 0 Å². The molecule has 3 nitrogen and oxygen atoms in total. The van der Waals surface area contributed by atoms with Crippen molar-refractivity contribution in [3.63, 3.8) is 0 Å². The summed E-state index contributed by atoms with van der Waals surface area (Å²) in [5, 5.41) is 0. The smallest absolute Gasteiger partial charge is 0.226 e. The van der Waals surface area contributed by atoms with Crippen molar-refractivity contribution in [1.82, 2.24) is 0 Å². The Balaban J connectivity index is 0.00000200. The van der Waals surface area contributed by atoms with Gasteiger partial charge in [-0.2, -0.15) is 0 Å². The zero-order valence-corrected chi connectivity index (χ0v) is 13.0. The normalized spacial score (nSPS) is 29.5. The van der Waals surface area contributed by atoms with E-state index in [-0.39, 0.29) is 18.3 Å².